The van der Waals surface area contributed by atoms with Crippen molar-refractivity contribution >= 4 is 5.82 Å². The number of rotatable bonds is 1. The minimum absolute atomic E-state index is 0.0775. The zero-order chi connectivity index (χ0) is 5.98. The van der Waals surface area contributed by atoms with E-state index in [4.69, 9.17) is 10.8 Å². The number of H-pyrrole nitrogens is 1. The van der Waals surface area contributed by atoms with Crippen molar-refractivity contribution in [2.45, 2.75) is 6.61 Å². The largest absolute Gasteiger partial charge is 0.390 e. The summed E-state index contributed by atoms with van der Waals surface area (Å²) in [5, 5.41) is 8.46. The van der Waals surface area contributed by atoms with E-state index in [1.165, 1.54) is 6.33 Å². The standard InChI is InChI=1S/C4H7N3O/c5-4-3(1-8)6-2-7-4/h2,8H,1,5H2,(H,6,7). The van der Waals surface area contributed by atoms with Crippen LogP contribution in [0.5, 0.6) is 0 Å². The first-order valence-electron chi connectivity index (χ1n) is 2.23. The summed E-state index contributed by atoms with van der Waals surface area (Å²) in [6.07, 6.45) is 1.45. The van der Waals surface area contributed by atoms with Gasteiger partial charge in [0.2, 0.25) is 0 Å². The van der Waals surface area contributed by atoms with Crippen molar-refractivity contribution < 1.29 is 5.11 Å². The second-order valence-electron chi connectivity index (χ2n) is 1.42. The minimum Gasteiger partial charge on any atom is -0.390 e. The number of aliphatic hydroxyl groups is 1. The SMILES string of the molecule is Nc1nc[nH]c1CO. The molecule has 0 saturated heterocycles. The molecule has 4 heteroatoms. The van der Waals surface area contributed by atoms with E-state index in [2.05, 4.69) is 9.97 Å². The third-order valence-corrected chi connectivity index (χ3v) is 0.910. The van der Waals surface area contributed by atoms with E-state index in [9.17, 15) is 0 Å². The van der Waals surface area contributed by atoms with E-state index in [-0.39, 0.29) is 6.61 Å². The van der Waals surface area contributed by atoms with Crippen LogP contribution < -0.4 is 5.73 Å². The molecule has 0 radical (unpaired) electrons. The van der Waals surface area contributed by atoms with E-state index in [1.807, 2.05) is 0 Å². The van der Waals surface area contributed by atoms with Crippen molar-refractivity contribution in [3.63, 3.8) is 0 Å². The fraction of sp³-hybridized carbons (Fsp3) is 0.250. The maximum Gasteiger partial charge on any atom is 0.147 e. The van der Waals surface area contributed by atoms with Crippen LogP contribution in [0, 0.1) is 0 Å². The monoisotopic (exact) mass is 113 g/mol. The summed E-state index contributed by atoms with van der Waals surface area (Å²) >= 11 is 0. The number of nitrogens with two attached hydrogens (primary N) is 1. The fourth-order valence-electron chi connectivity index (χ4n) is 0.458. The van der Waals surface area contributed by atoms with Gasteiger partial charge in [-0.25, -0.2) is 4.98 Å². The van der Waals surface area contributed by atoms with Gasteiger partial charge in [-0.2, -0.15) is 0 Å². The van der Waals surface area contributed by atoms with Crippen molar-refractivity contribution in [3.05, 3.63) is 12.0 Å². The molecule has 4 nitrogen and oxygen atoms in total. The Bertz CT molecular complexity index is 172. The number of anilines is 1. The van der Waals surface area contributed by atoms with Gasteiger partial charge in [-0.3, -0.25) is 0 Å². The van der Waals surface area contributed by atoms with Crippen LogP contribution in [-0.2, 0) is 6.61 Å². The van der Waals surface area contributed by atoms with Crippen LogP contribution in [0.4, 0.5) is 5.82 Å². The van der Waals surface area contributed by atoms with Gasteiger partial charge in [0.05, 0.1) is 18.6 Å². The molecule has 1 aromatic heterocycles. The highest BCUT2D eigenvalue weighted by molar-refractivity contribution is 5.32. The molecule has 0 aliphatic rings. The highest BCUT2D eigenvalue weighted by Crippen LogP contribution is 2.01. The van der Waals surface area contributed by atoms with Crippen LogP contribution in [0.25, 0.3) is 0 Å². The smallest absolute Gasteiger partial charge is 0.147 e. The Morgan fingerprint density at radius 3 is 2.88 bits per heavy atom. The Morgan fingerprint density at radius 2 is 2.62 bits per heavy atom. The molecular formula is C4H7N3O. The maximum absolute atomic E-state index is 8.46. The number of aliphatic hydroxyl groups excluding tert-OH is 1. The van der Waals surface area contributed by atoms with Crippen LogP contribution in [0.2, 0.25) is 0 Å². The normalized spacial score (nSPS) is 9.62. The predicted octanol–water partition coefficient (Wildman–Crippen LogP) is -0.516. The number of nitrogen functional groups attached to an aromatic ring is 1. The summed E-state index contributed by atoms with van der Waals surface area (Å²) in [7, 11) is 0. The first kappa shape index (κ1) is 5.11. The predicted molar refractivity (Wildman–Crippen MR) is 28.9 cm³/mol. The van der Waals surface area contributed by atoms with Gasteiger partial charge in [0, 0.05) is 0 Å². The van der Waals surface area contributed by atoms with E-state index in [0.717, 1.165) is 0 Å². The van der Waals surface area contributed by atoms with Gasteiger partial charge in [0.15, 0.2) is 0 Å². The average molecular weight is 113 g/mol. The fourth-order valence-corrected chi connectivity index (χ4v) is 0.458. The lowest BCUT2D eigenvalue weighted by Crippen LogP contribution is -1.91. The summed E-state index contributed by atoms with van der Waals surface area (Å²) < 4.78 is 0. The molecule has 0 saturated carbocycles. The number of hydrogen-bond donors (Lipinski definition) is 3. The van der Waals surface area contributed by atoms with Crippen LogP contribution in [0.1, 0.15) is 5.69 Å². The molecule has 1 aromatic rings. The lowest BCUT2D eigenvalue weighted by molar-refractivity contribution is 0.278. The summed E-state index contributed by atoms with van der Waals surface area (Å²) in [6, 6.07) is 0. The number of imidazole rings is 1. The lowest BCUT2D eigenvalue weighted by Gasteiger charge is -1.86. The van der Waals surface area contributed by atoms with Crippen molar-refractivity contribution in [2.24, 2.45) is 0 Å². The van der Waals surface area contributed by atoms with Gasteiger partial charge in [0.1, 0.15) is 5.82 Å². The van der Waals surface area contributed by atoms with Crippen molar-refractivity contribution in [1.29, 1.82) is 0 Å². The molecule has 0 bridgehead atoms. The molecule has 1 rings (SSSR count). The zero-order valence-electron chi connectivity index (χ0n) is 4.26. The zero-order valence-corrected chi connectivity index (χ0v) is 4.26. The molecule has 0 unspecified atom stereocenters. The van der Waals surface area contributed by atoms with Gasteiger partial charge in [-0.05, 0) is 0 Å². The van der Waals surface area contributed by atoms with Crippen molar-refractivity contribution in [3.8, 4) is 0 Å². The minimum atomic E-state index is -0.0775. The number of aromatic amines is 1. The molecule has 0 aliphatic carbocycles. The topological polar surface area (TPSA) is 74.9 Å². The third kappa shape index (κ3) is 0.651. The molecular weight excluding hydrogens is 106 g/mol. The maximum atomic E-state index is 8.46. The van der Waals surface area contributed by atoms with Crippen LogP contribution in [0.15, 0.2) is 6.33 Å². The highest BCUT2D eigenvalue weighted by Gasteiger charge is 1.95. The highest BCUT2D eigenvalue weighted by atomic mass is 16.3. The molecule has 8 heavy (non-hydrogen) atoms. The molecule has 0 spiro atoms. The van der Waals surface area contributed by atoms with Gasteiger partial charge >= 0.3 is 0 Å². The Morgan fingerprint density at radius 1 is 1.88 bits per heavy atom. The number of hydrogen-bond acceptors (Lipinski definition) is 3. The summed E-state index contributed by atoms with van der Waals surface area (Å²) in [5.74, 6) is 0.368. The molecule has 0 atom stereocenters. The summed E-state index contributed by atoms with van der Waals surface area (Å²) in [4.78, 5) is 6.32. The average Bonchev–Trinajstić information content (AvgIpc) is 2.14. The molecule has 0 aromatic carbocycles. The molecule has 1 heterocycles. The van der Waals surface area contributed by atoms with Crippen LogP contribution in [-0.4, -0.2) is 15.1 Å². The molecule has 44 valence electrons. The number of nitrogens with zero attached hydrogens (tertiary/aromatic N) is 1. The van der Waals surface area contributed by atoms with E-state index < -0.39 is 0 Å². The van der Waals surface area contributed by atoms with Gasteiger partial charge < -0.3 is 15.8 Å². The number of nitrogens with one attached hydrogen (secondary N) is 1. The Kier molecular flexibility index (Phi) is 1.17. The Balaban J connectivity index is 2.92. The Labute approximate surface area is 46.4 Å². The van der Waals surface area contributed by atoms with Gasteiger partial charge in [-0.15, -0.1) is 0 Å². The second kappa shape index (κ2) is 1.83. The van der Waals surface area contributed by atoms with E-state index >= 15 is 0 Å². The van der Waals surface area contributed by atoms with Crippen LogP contribution in [0.3, 0.4) is 0 Å². The molecule has 0 aliphatic heterocycles. The van der Waals surface area contributed by atoms with E-state index in [1.54, 1.807) is 0 Å². The second-order valence-corrected chi connectivity index (χ2v) is 1.42. The van der Waals surface area contributed by atoms with Gasteiger partial charge in [0.25, 0.3) is 0 Å². The quantitative estimate of drug-likeness (QED) is 0.459. The summed E-state index contributed by atoms with van der Waals surface area (Å²) in [6.45, 7) is -0.0775. The van der Waals surface area contributed by atoms with Crippen molar-refractivity contribution in [2.75, 3.05) is 5.73 Å². The lowest BCUT2D eigenvalue weighted by atomic mass is 10.5. The van der Waals surface area contributed by atoms with Gasteiger partial charge in [-0.1, -0.05) is 0 Å². The van der Waals surface area contributed by atoms with Crippen molar-refractivity contribution in [1.82, 2.24) is 9.97 Å². The molecule has 0 amide bonds. The first-order chi connectivity index (χ1) is 3.84. The molecule has 4 N–H and O–H groups in total. The van der Waals surface area contributed by atoms with E-state index in [0.29, 0.717) is 11.5 Å². The Hall–Kier alpha value is -1.03. The summed E-state index contributed by atoms with van der Waals surface area (Å²) in [5.41, 5.74) is 5.82. The number of aromatic nitrogens is 2. The third-order valence-electron chi connectivity index (χ3n) is 0.910. The first-order valence-corrected chi connectivity index (χ1v) is 2.23. The van der Waals surface area contributed by atoms with Crippen LogP contribution >= 0.6 is 0 Å². The molecule has 0 fully saturated rings.